The maximum absolute atomic E-state index is 5.24. The van der Waals surface area contributed by atoms with Crippen LogP contribution in [0.25, 0.3) is 0 Å². The molecule has 0 amide bonds. The number of rotatable bonds is 5. The summed E-state index contributed by atoms with van der Waals surface area (Å²) in [5.74, 6) is 1.44. The number of ether oxygens (including phenoxy) is 1. The molecule has 0 aliphatic heterocycles. The van der Waals surface area contributed by atoms with Crippen molar-refractivity contribution in [1.29, 1.82) is 0 Å². The van der Waals surface area contributed by atoms with Gasteiger partial charge in [0.2, 0.25) is 5.88 Å². The Bertz CT molecular complexity index is 252. The third-order valence-corrected chi connectivity index (χ3v) is 1.49. The van der Waals surface area contributed by atoms with E-state index in [1.165, 1.54) is 6.33 Å². The lowest BCUT2D eigenvalue weighted by Gasteiger charge is -2.05. The Morgan fingerprint density at radius 2 is 2.23 bits per heavy atom. The van der Waals surface area contributed by atoms with Gasteiger partial charge in [0.15, 0.2) is 0 Å². The summed E-state index contributed by atoms with van der Waals surface area (Å²) in [4.78, 5) is 8.02. The predicted molar refractivity (Wildman–Crippen MR) is 52.0 cm³/mol. The van der Waals surface area contributed by atoms with Crippen LogP contribution in [0.4, 0.5) is 5.82 Å². The summed E-state index contributed by atoms with van der Waals surface area (Å²) in [6.45, 7) is 5.59. The molecule has 0 saturated carbocycles. The highest BCUT2D eigenvalue weighted by Gasteiger charge is 1.96. The fraction of sp³-hybridized carbons (Fsp3) is 0.556. The van der Waals surface area contributed by atoms with E-state index in [4.69, 9.17) is 4.74 Å². The number of aromatic nitrogens is 2. The highest BCUT2D eigenvalue weighted by molar-refractivity contribution is 5.36. The normalized spacial score (nSPS) is 9.69. The van der Waals surface area contributed by atoms with Gasteiger partial charge in [0.25, 0.3) is 0 Å². The van der Waals surface area contributed by atoms with Crippen LogP contribution >= 0.6 is 0 Å². The van der Waals surface area contributed by atoms with E-state index in [2.05, 4.69) is 22.2 Å². The Morgan fingerprint density at radius 3 is 2.92 bits per heavy atom. The van der Waals surface area contributed by atoms with E-state index in [0.717, 1.165) is 18.8 Å². The van der Waals surface area contributed by atoms with Crippen LogP contribution < -0.4 is 10.1 Å². The third-order valence-electron chi connectivity index (χ3n) is 1.49. The van der Waals surface area contributed by atoms with Crippen LogP contribution in [0.3, 0.4) is 0 Å². The first-order chi connectivity index (χ1) is 6.36. The Morgan fingerprint density at radius 1 is 1.38 bits per heavy atom. The SMILES string of the molecule is CCCNc1cc(OCC)ncn1. The molecule has 1 N–H and O–H groups in total. The maximum Gasteiger partial charge on any atom is 0.218 e. The highest BCUT2D eigenvalue weighted by atomic mass is 16.5. The van der Waals surface area contributed by atoms with Crippen LogP contribution in [0.2, 0.25) is 0 Å². The largest absolute Gasteiger partial charge is 0.478 e. The Hall–Kier alpha value is -1.32. The van der Waals surface area contributed by atoms with Crippen molar-refractivity contribution in [2.24, 2.45) is 0 Å². The molecule has 0 spiro atoms. The van der Waals surface area contributed by atoms with Gasteiger partial charge in [-0.25, -0.2) is 9.97 Å². The van der Waals surface area contributed by atoms with Crippen molar-refractivity contribution in [2.75, 3.05) is 18.5 Å². The van der Waals surface area contributed by atoms with Crippen molar-refractivity contribution >= 4 is 5.82 Å². The van der Waals surface area contributed by atoms with Crippen LogP contribution in [0, 0.1) is 0 Å². The Balaban J connectivity index is 2.56. The third kappa shape index (κ3) is 3.27. The van der Waals surface area contributed by atoms with E-state index < -0.39 is 0 Å². The molecule has 0 radical (unpaired) electrons. The van der Waals surface area contributed by atoms with E-state index in [1.54, 1.807) is 6.07 Å². The molecule has 0 bridgehead atoms. The van der Waals surface area contributed by atoms with E-state index in [-0.39, 0.29) is 0 Å². The smallest absolute Gasteiger partial charge is 0.218 e. The van der Waals surface area contributed by atoms with E-state index >= 15 is 0 Å². The number of hydrogen-bond donors (Lipinski definition) is 1. The number of nitrogens with zero attached hydrogens (tertiary/aromatic N) is 2. The van der Waals surface area contributed by atoms with Gasteiger partial charge in [0.1, 0.15) is 12.1 Å². The van der Waals surface area contributed by atoms with Gasteiger partial charge in [-0.05, 0) is 13.3 Å². The maximum atomic E-state index is 5.24. The van der Waals surface area contributed by atoms with Gasteiger partial charge in [-0.15, -0.1) is 0 Å². The van der Waals surface area contributed by atoms with Crippen molar-refractivity contribution in [3.05, 3.63) is 12.4 Å². The van der Waals surface area contributed by atoms with Crippen molar-refractivity contribution in [2.45, 2.75) is 20.3 Å². The molecule has 0 atom stereocenters. The molecule has 0 aromatic carbocycles. The minimum Gasteiger partial charge on any atom is -0.478 e. The summed E-state index contributed by atoms with van der Waals surface area (Å²) in [6, 6.07) is 1.80. The van der Waals surface area contributed by atoms with Crippen LogP contribution in [-0.2, 0) is 0 Å². The first-order valence-electron chi connectivity index (χ1n) is 4.55. The van der Waals surface area contributed by atoms with Crippen molar-refractivity contribution < 1.29 is 4.74 Å². The van der Waals surface area contributed by atoms with Crippen molar-refractivity contribution in [1.82, 2.24) is 9.97 Å². The zero-order valence-electron chi connectivity index (χ0n) is 8.08. The molecule has 13 heavy (non-hydrogen) atoms. The second-order valence-corrected chi connectivity index (χ2v) is 2.60. The molecule has 4 nitrogen and oxygen atoms in total. The van der Waals surface area contributed by atoms with Gasteiger partial charge in [0, 0.05) is 12.6 Å². The van der Waals surface area contributed by atoms with E-state index in [9.17, 15) is 0 Å². The molecule has 0 aliphatic carbocycles. The zero-order chi connectivity index (χ0) is 9.52. The van der Waals surface area contributed by atoms with Crippen LogP contribution in [0.15, 0.2) is 12.4 Å². The second kappa shape index (κ2) is 5.35. The molecule has 0 fully saturated rings. The minimum atomic E-state index is 0.621. The lowest BCUT2D eigenvalue weighted by molar-refractivity contribution is 0.326. The summed E-state index contributed by atoms with van der Waals surface area (Å²) < 4.78 is 5.24. The number of hydrogen-bond acceptors (Lipinski definition) is 4. The molecule has 0 unspecified atom stereocenters. The van der Waals surface area contributed by atoms with E-state index in [0.29, 0.717) is 12.5 Å². The molecule has 4 heteroatoms. The van der Waals surface area contributed by atoms with Gasteiger partial charge < -0.3 is 10.1 Å². The van der Waals surface area contributed by atoms with Crippen molar-refractivity contribution in [3.8, 4) is 5.88 Å². The number of nitrogens with one attached hydrogen (secondary N) is 1. The van der Waals surface area contributed by atoms with Crippen LogP contribution in [0.1, 0.15) is 20.3 Å². The standard InChI is InChI=1S/C9H15N3O/c1-3-5-10-8-6-9(13-4-2)12-7-11-8/h6-7H,3-5H2,1-2H3,(H,10,11,12). The first kappa shape index (κ1) is 9.77. The molecular weight excluding hydrogens is 166 g/mol. The minimum absolute atomic E-state index is 0.621. The van der Waals surface area contributed by atoms with Gasteiger partial charge in [-0.1, -0.05) is 6.92 Å². The summed E-state index contributed by atoms with van der Waals surface area (Å²) in [7, 11) is 0. The fourth-order valence-electron chi connectivity index (χ4n) is 0.916. The quantitative estimate of drug-likeness (QED) is 0.751. The summed E-state index contributed by atoms with van der Waals surface area (Å²) in [5.41, 5.74) is 0. The Labute approximate surface area is 78.4 Å². The van der Waals surface area contributed by atoms with Gasteiger partial charge in [0.05, 0.1) is 6.61 Å². The zero-order valence-corrected chi connectivity index (χ0v) is 8.08. The molecule has 0 aliphatic rings. The number of anilines is 1. The molecular formula is C9H15N3O. The topological polar surface area (TPSA) is 47.0 Å². The van der Waals surface area contributed by atoms with Gasteiger partial charge in [-0.2, -0.15) is 0 Å². The molecule has 1 heterocycles. The summed E-state index contributed by atoms with van der Waals surface area (Å²) >= 11 is 0. The first-order valence-corrected chi connectivity index (χ1v) is 4.55. The molecule has 1 aromatic rings. The Kier molecular flexibility index (Phi) is 4.02. The average molecular weight is 181 g/mol. The highest BCUT2D eigenvalue weighted by Crippen LogP contribution is 2.10. The lowest BCUT2D eigenvalue weighted by atomic mass is 10.4. The fourth-order valence-corrected chi connectivity index (χ4v) is 0.916. The molecule has 0 saturated heterocycles. The van der Waals surface area contributed by atoms with Crippen molar-refractivity contribution in [3.63, 3.8) is 0 Å². The average Bonchev–Trinajstić information content (AvgIpc) is 2.16. The van der Waals surface area contributed by atoms with Gasteiger partial charge >= 0.3 is 0 Å². The van der Waals surface area contributed by atoms with E-state index in [1.807, 2.05) is 6.92 Å². The molecule has 1 aromatic heterocycles. The monoisotopic (exact) mass is 181 g/mol. The predicted octanol–water partition coefficient (Wildman–Crippen LogP) is 1.70. The second-order valence-electron chi connectivity index (χ2n) is 2.60. The molecule has 1 rings (SSSR count). The lowest BCUT2D eigenvalue weighted by Crippen LogP contribution is -2.03. The summed E-state index contributed by atoms with van der Waals surface area (Å²) in [6.07, 6.45) is 2.58. The van der Waals surface area contributed by atoms with Gasteiger partial charge in [-0.3, -0.25) is 0 Å². The summed E-state index contributed by atoms with van der Waals surface area (Å²) in [5, 5.41) is 3.16. The van der Waals surface area contributed by atoms with Crippen LogP contribution in [0.5, 0.6) is 5.88 Å². The van der Waals surface area contributed by atoms with Crippen LogP contribution in [-0.4, -0.2) is 23.1 Å². The molecule has 72 valence electrons.